The van der Waals surface area contributed by atoms with Crippen molar-refractivity contribution in [2.45, 2.75) is 76.5 Å². The molecule has 1 saturated carbocycles. The Morgan fingerprint density at radius 1 is 1.14 bits per heavy atom. The number of aliphatic hydroxyl groups excluding tert-OH is 1. The molecule has 1 aliphatic carbocycles. The predicted octanol–water partition coefficient (Wildman–Crippen LogP) is 1.68. The standard InChI is InChI=1S/C17H35N3O/c1-14-11-20(12-15(2)19(14)4)10-6-5-9-17(3,13-21)18-16-7-8-16/h14-16,18,21H,5-13H2,1-4H3. The lowest BCUT2D eigenvalue weighted by Crippen LogP contribution is -2.55. The molecule has 2 rings (SSSR count). The van der Waals surface area contributed by atoms with Crippen molar-refractivity contribution in [3.05, 3.63) is 0 Å². The first kappa shape index (κ1) is 17.2. The minimum absolute atomic E-state index is 0.0656. The SMILES string of the molecule is CC1CN(CCCCC(C)(CO)NC2CC2)CC(C)N1C. The van der Waals surface area contributed by atoms with Crippen LogP contribution in [-0.4, -0.2) is 71.9 Å². The summed E-state index contributed by atoms with van der Waals surface area (Å²) in [5, 5.41) is 13.2. The highest BCUT2D eigenvalue weighted by molar-refractivity contribution is 4.92. The van der Waals surface area contributed by atoms with E-state index in [1.165, 1.54) is 45.3 Å². The van der Waals surface area contributed by atoms with E-state index in [-0.39, 0.29) is 12.1 Å². The van der Waals surface area contributed by atoms with Gasteiger partial charge in [0.05, 0.1) is 6.61 Å². The normalized spacial score (nSPS) is 31.3. The molecule has 2 aliphatic rings. The van der Waals surface area contributed by atoms with Crippen molar-refractivity contribution in [2.75, 3.05) is 33.3 Å². The number of hydrogen-bond donors (Lipinski definition) is 2. The highest BCUT2D eigenvalue weighted by atomic mass is 16.3. The Hall–Kier alpha value is -0.160. The van der Waals surface area contributed by atoms with E-state index in [1.807, 2.05) is 0 Å². The first-order valence-corrected chi connectivity index (χ1v) is 8.76. The van der Waals surface area contributed by atoms with Gasteiger partial charge >= 0.3 is 0 Å². The van der Waals surface area contributed by atoms with E-state index in [4.69, 9.17) is 0 Å². The summed E-state index contributed by atoms with van der Waals surface area (Å²) in [5.74, 6) is 0. The van der Waals surface area contributed by atoms with Crippen LogP contribution in [0.4, 0.5) is 0 Å². The summed E-state index contributed by atoms with van der Waals surface area (Å²) in [6.45, 7) is 10.7. The number of rotatable bonds is 8. The molecule has 1 heterocycles. The second kappa shape index (κ2) is 7.40. The van der Waals surface area contributed by atoms with Gasteiger partial charge < -0.3 is 15.3 Å². The number of unbranched alkanes of at least 4 members (excludes halogenated alkanes) is 1. The van der Waals surface area contributed by atoms with E-state index < -0.39 is 0 Å². The van der Waals surface area contributed by atoms with E-state index in [2.05, 4.69) is 42.9 Å². The maximum Gasteiger partial charge on any atom is 0.0610 e. The largest absolute Gasteiger partial charge is 0.394 e. The van der Waals surface area contributed by atoms with Crippen molar-refractivity contribution >= 4 is 0 Å². The summed E-state index contributed by atoms with van der Waals surface area (Å²) >= 11 is 0. The van der Waals surface area contributed by atoms with E-state index in [9.17, 15) is 5.11 Å². The predicted molar refractivity (Wildman–Crippen MR) is 88.6 cm³/mol. The molecule has 0 radical (unpaired) electrons. The van der Waals surface area contributed by atoms with Crippen LogP contribution in [0.5, 0.6) is 0 Å². The maximum atomic E-state index is 9.63. The van der Waals surface area contributed by atoms with Crippen LogP contribution in [0.2, 0.25) is 0 Å². The lowest BCUT2D eigenvalue weighted by molar-refractivity contribution is 0.0583. The van der Waals surface area contributed by atoms with Crippen LogP contribution in [0.25, 0.3) is 0 Å². The third-order valence-electron chi connectivity index (χ3n) is 5.37. The molecule has 0 amide bonds. The van der Waals surface area contributed by atoms with Crippen LogP contribution >= 0.6 is 0 Å². The quantitative estimate of drug-likeness (QED) is 0.669. The third-order valence-corrected chi connectivity index (χ3v) is 5.37. The third kappa shape index (κ3) is 5.20. The van der Waals surface area contributed by atoms with E-state index >= 15 is 0 Å². The molecule has 124 valence electrons. The first-order chi connectivity index (χ1) is 9.93. The van der Waals surface area contributed by atoms with E-state index in [0.29, 0.717) is 18.1 Å². The molecule has 0 bridgehead atoms. The Kier molecular flexibility index (Phi) is 6.06. The fourth-order valence-corrected chi connectivity index (χ4v) is 3.46. The first-order valence-electron chi connectivity index (χ1n) is 8.76. The summed E-state index contributed by atoms with van der Waals surface area (Å²) in [4.78, 5) is 5.10. The molecule has 21 heavy (non-hydrogen) atoms. The fourth-order valence-electron chi connectivity index (χ4n) is 3.46. The van der Waals surface area contributed by atoms with Gasteiger partial charge in [-0.2, -0.15) is 0 Å². The highest BCUT2D eigenvalue weighted by Gasteiger charge is 2.31. The lowest BCUT2D eigenvalue weighted by atomic mass is 9.95. The average molecular weight is 297 g/mol. The van der Waals surface area contributed by atoms with Crippen molar-refractivity contribution in [2.24, 2.45) is 0 Å². The van der Waals surface area contributed by atoms with Gasteiger partial charge in [0.2, 0.25) is 0 Å². The Labute approximate surface area is 130 Å². The minimum Gasteiger partial charge on any atom is -0.394 e. The molecular formula is C17H35N3O. The lowest BCUT2D eigenvalue weighted by Gasteiger charge is -2.42. The highest BCUT2D eigenvalue weighted by Crippen LogP contribution is 2.25. The molecular weight excluding hydrogens is 262 g/mol. The monoisotopic (exact) mass is 297 g/mol. The van der Waals surface area contributed by atoms with Gasteiger partial charge in [0, 0.05) is 36.8 Å². The van der Waals surface area contributed by atoms with Crippen LogP contribution in [0.3, 0.4) is 0 Å². The van der Waals surface area contributed by atoms with Crippen LogP contribution in [0.15, 0.2) is 0 Å². The van der Waals surface area contributed by atoms with Crippen LogP contribution in [0, 0.1) is 0 Å². The molecule has 0 aromatic carbocycles. The zero-order valence-corrected chi connectivity index (χ0v) is 14.4. The topological polar surface area (TPSA) is 38.7 Å². The maximum absolute atomic E-state index is 9.63. The molecule has 3 unspecified atom stereocenters. The van der Waals surface area contributed by atoms with Crippen LogP contribution < -0.4 is 5.32 Å². The summed E-state index contributed by atoms with van der Waals surface area (Å²) in [7, 11) is 2.24. The molecule has 0 aromatic heterocycles. The van der Waals surface area contributed by atoms with Gasteiger partial charge in [-0.3, -0.25) is 4.90 Å². The summed E-state index contributed by atoms with van der Waals surface area (Å²) < 4.78 is 0. The molecule has 4 heteroatoms. The van der Waals surface area contributed by atoms with Crippen LogP contribution in [-0.2, 0) is 0 Å². The second-order valence-corrected chi connectivity index (χ2v) is 7.72. The van der Waals surface area contributed by atoms with Crippen molar-refractivity contribution in [3.8, 4) is 0 Å². The molecule has 0 aromatic rings. The minimum atomic E-state index is -0.0656. The van der Waals surface area contributed by atoms with E-state index in [0.717, 1.165) is 6.42 Å². The Bertz CT molecular complexity index is 309. The molecule has 1 saturated heterocycles. The number of nitrogens with zero attached hydrogens (tertiary/aromatic N) is 2. The zero-order valence-electron chi connectivity index (χ0n) is 14.4. The van der Waals surface area contributed by atoms with Crippen molar-refractivity contribution in [1.29, 1.82) is 0 Å². The molecule has 3 atom stereocenters. The molecule has 2 fully saturated rings. The zero-order chi connectivity index (χ0) is 15.5. The van der Waals surface area contributed by atoms with Gasteiger partial charge in [0.15, 0.2) is 0 Å². The Morgan fingerprint density at radius 2 is 1.76 bits per heavy atom. The second-order valence-electron chi connectivity index (χ2n) is 7.72. The van der Waals surface area contributed by atoms with Gasteiger partial charge in [-0.15, -0.1) is 0 Å². The molecule has 4 nitrogen and oxygen atoms in total. The van der Waals surface area contributed by atoms with Gasteiger partial charge in [-0.25, -0.2) is 0 Å². The summed E-state index contributed by atoms with van der Waals surface area (Å²) in [6, 6.07) is 1.99. The Morgan fingerprint density at radius 3 is 2.29 bits per heavy atom. The number of nitrogens with one attached hydrogen (secondary N) is 1. The van der Waals surface area contributed by atoms with Crippen molar-refractivity contribution in [1.82, 2.24) is 15.1 Å². The van der Waals surface area contributed by atoms with Gasteiger partial charge in [-0.1, -0.05) is 6.42 Å². The number of hydrogen-bond acceptors (Lipinski definition) is 4. The van der Waals surface area contributed by atoms with Gasteiger partial charge in [-0.05, 0) is 60.0 Å². The van der Waals surface area contributed by atoms with E-state index in [1.54, 1.807) is 0 Å². The van der Waals surface area contributed by atoms with Crippen molar-refractivity contribution < 1.29 is 5.11 Å². The smallest absolute Gasteiger partial charge is 0.0610 e. The molecule has 2 N–H and O–H groups in total. The van der Waals surface area contributed by atoms with Crippen molar-refractivity contribution in [3.63, 3.8) is 0 Å². The fraction of sp³-hybridized carbons (Fsp3) is 1.00. The average Bonchev–Trinajstić information content (AvgIpc) is 3.24. The van der Waals surface area contributed by atoms with Crippen LogP contribution in [0.1, 0.15) is 52.9 Å². The molecule has 0 spiro atoms. The van der Waals surface area contributed by atoms with Gasteiger partial charge in [0.25, 0.3) is 0 Å². The Balaban J connectivity index is 1.64. The number of piperazine rings is 1. The number of likely N-dealkylation sites (N-methyl/N-ethyl adjacent to an activating group) is 1. The van der Waals surface area contributed by atoms with Gasteiger partial charge in [0.1, 0.15) is 0 Å². The number of aliphatic hydroxyl groups is 1. The molecule has 1 aliphatic heterocycles. The summed E-state index contributed by atoms with van der Waals surface area (Å²) in [6.07, 6.45) is 6.09. The summed E-state index contributed by atoms with van der Waals surface area (Å²) in [5.41, 5.74) is -0.0656.